The zero-order valence-corrected chi connectivity index (χ0v) is 18.8. The number of rotatable bonds is 5. The van der Waals surface area contributed by atoms with Gasteiger partial charge in [0.15, 0.2) is 4.80 Å². The number of carbonyl (C=O) groups excluding carboxylic acids is 1. The van der Waals surface area contributed by atoms with E-state index in [0.717, 1.165) is 11.1 Å². The summed E-state index contributed by atoms with van der Waals surface area (Å²) in [7, 11) is 2.91. The van der Waals surface area contributed by atoms with Gasteiger partial charge in [0, 0.05) is 0 Å². The highest BCUT2D eigenvalue weighted by Crippen LogP contribution is 2.31. The topological polar surface area (TPSA) is 69.9 Å². The third-order valence-corrected chi connectivity index (χ3v) is 6.20. The summed E-state index contributed by atoms with van der Waals surface area (Å²) in [5.41, 5.74) is 2.48. The van der Waals surface area contributed by atoms with Crippen molar-refractivity contribution < 1.29 is 14.3 Å². The third-order valence-electron chi connectivity index (χ3n) is 5.19. The summed E-state index contributed by atoms with van der Waals surface area (Å²) in [6.07, 6.45) is 5.56. The Balaban J connectivity index is 1.86. The lowest BCUT2D eigenvalue weighted by Crippen LogP contribution is -2.39. The van der Waals surface area contributed by atoms with Gasteiger partial charge in [0.2, 0.25) is 0 Å². The van der Waals surface area contributed by atoms with Crippen LogP contribution in [-0.2, 0) is 9.53 Å². The van der Waals surface area contributed by atoms with Crippen LogP contribution in [0.4, 0.5) is 0 Å². The van der Waals surface area contributed by atoms with E-state index >= 15 is 0 Å². The summed E-state index contributed by atoms with van der Waals surface area (Å²) >= 11 is 1.29. The van der Waals surface area contributed by atoms with Crippen LogP contribution in [0, 0.1) is 0 Å². The highest BCUT2D eigenvalue weighted by Gasteiger charge is 2.32. The van der Waals surface area contributed by atoms with Crippen LogP contribution in [0.5, 0.6) is 5.75 Å². The molecule has 0 N–H and O–H groups in total. The van der Waals surface area contributed by atoms with Crippen LogP contribution in [-0.4, -0.2) is 24.8 Å². The number of benzene rings is 2. The predicted octanol–water partition coefficient (Wildman–Crippen LogP) is 3.08. The van der Waals surface area contributed by atoms with Crippen LogP contribution in [0.3, 0.4) is 0 Å². The van der Waals surface area contributed by atoms with E-state index in [1.54, 1.807) is 36.8 Å². The van der Waals surface area contributed by atoms with E-state index in [9.17, 15) is 9.59 Å². The van der Waals surface area contributed by atoms with Crippen LogP contribution < -0.4 is 19.6 Å². The van der Waals surface area contributed by atoms with Crippen molar-refractivity contribution in [2.45, 2.75) is 13.0 Å². The largest absolute Gasteiger partial charge is 0.497 e. The molecule has 0 saturated heterocycles. The maximum atomic E-state index is 13.4. The fourth-order valence-electron chi connectivity index (χ4n) is 3.62. The van der Waals surface area contributed by atoms with Gasteiger partial charge < -0.3 is 9.47 Å². The molecule has 2 aromatic carbocycles. The first-order valence-corrected chi connectivity index (χ1v) is 10.8. The second-order valence-corrected chi connectivity index (χ2v) is 8.15. The van der Waals surface area contributed by atoms with Crippen molar-refractivity contribution in [2.75, 3.05) is 14.2 Å². The molecule has 32 heavy (non-hydrogen) atoms. The van der Waals surface area contributed by atoms with E-state index < -0.39 is 12.0 Å². The fourth-order valence-corrected chi connectivity index (χ4v) is 4.62. The van der Waals surface area contributed by atoms with E-state index in [0.29, 0.717) is 26.4 Å². The predicted molar refractivity (Wildman–Crippen MR) is 125 cm³/mol. The monoisotopic (exact) mass is 446 g/mol. The Labute approximate surface area is 189 Å². The third kappa shape index (κ3) is 4.07. The average molecular weight is 447 g/mol. The average Bonchev–Trinajstić information content (AvgIpc) is 3.13. The molecular formula is C25H22N2O4S. The Morgan fingerprint density at radius 1 is 1.09 bits per heavy atom. The number of ether oxygens (including phenoxy) is 2. The minimum atomic E-state index is -0.634. The second kappa shape index (κ2) is 9.20. The summed E-state index contributed by atoms with van der Waals surface area (Å²) in [6.45, 7) is 1.76. The van der Waals surface area contributed by atoms with Crippen molar-refractivity contribution in [3.63, 3.8) is 0 Å². The van der Waals surface area contributed by atoms with Gasteiger partial charge in [-0.25, -0.2) is 9.79 Å². The number of nitrogens with zero attached hydrogens (tertiary/aromatic N) is 2. The molecule has 0 unspecified atom stereocenters. The van der Waals surface area contributed by atoms with Crippen molar-refractivity contribution in [2.24, 2.45) is 4.99 Å². The van der Waals surface area contributed by atoms with Crippen LogP contribution in [0.15, 0.2) is 81.7 Å². The lowest BCUT2D eigenvalue weighted by Gasteiger charge is -2.24. The van der Waals surface area contributed by atoms with Gasteiger partial charge in [0.05, 0.1) is 36.1 Å². The quantitative estimate of drug-likeness (QED) is 0.565. The van der Waals surface area contributed by atoms with Gasteiger partial charge in [-0.3, -0.25) is 9.36 Å². The first kappa shape index (κ1) is 21.5. The Bertz CT molecular complexity index is 1380. The highest BCUT2D eigenvalue weighted by molar-refractivity contribution is 7.07. The van der Waals surface area contributed by atoms with Gasteiger partial charge in [0.25, 0.3) is 5.56 Å². The Morgan fingerprint density at radius 3 is 2.47 bits per heavy atom. The van der Waals surface area contributed by atoms with Gasteiger partial charge >= 0.3 is 5.97 Å². The first-order valence-electron chi connectivity index (χ1n) is 10.00. The van der Waals surface area contributed by atoms with Crippen LogP contribution in [0.1, 0.15) is 24.1 Å². The van der Waals surface area contributed by atoms with Gasteiger partial charge in [0.1, 0.15) is 5.75 Å². The SMILES string of the molecule is COC(=O)C1=C(C)N=c2s/c(=C/C=C/c3ccccc3)c(=O)n2[C@H]1c1ccc(OC)cc1. The summed E-state index contributed by atoms with van der Waals surface area (Å²) in [6, 6.07) is 16.5. The maximum Gasteiger partial charge on any atom is 0.338 e. The lowest BCUT2D eigenvalue weighted by molar-refractivity contribution is -0.136. The molecule has 7 heteroatoms. The summed E-state index contributed by atoms with van der Waals surface area (Å²) in [4.78, 5) is 31.1. The summed E-state index contributed by atoms with van der Waals surface area (Å²) < 4.78 is 12.4. The summed E-state index contributed by atoms with van der Waals surface area (Å²) in [5, 5.41) is 0. The summed E-state index contributed by atoms with van der Waals surface area (Å²) in [5.74, 6) is 0.179. The first-order chi connectivity index (χ1) is 15.5. The van der Waals surface area contributed by atoms with Crippen molar-refractivity contribution in [3.05, 3.63) is 103 Å². The molecule has 1 aliphatic heterocycles. The Kier molecular flexibility index (Phi) is 6.18. The number of fused-ring (bicyclic) bond motifs is 1. The van der Waals surface area contributed by atoms with Gasteiger partial charge in [-0.2, -0.15) is 0 Å². The number of esters is 1. The van der Waals surface area contributed by atoms with Crippen molar-refractivity contribution in [1.29, 1.82) is 0 Å². The Morgan fingerprint density at radius 2 is 1.81 bits per heavy atom. The molecule has 6 nitrogen and oxygen atoms in total. The van der Waals surface area contributed by atoms with Crippen LogP contribution in [0.25, 0.3) is 12.2 Å². The lowest BCUT2D eigenvalue weighted by atomic mass is 9.96. The smallest absolute Gasteiger partial charge is 0.338 e. The molecule has 1 aliphatic rings. The molecule has 0 saturated carbocycles. The molecule has 1 aromatic heterocycles. The molecule has 1 atom stereocenters. The van der Waals surface area contributed by atoms with Gasteiger partial charge in [-0.15, -0.1) is 0 Å². The highest BCUT2D eigenvalue weighted by atomic mass is 32.1. The molecule has 2 heterocycles. The number of aromatic nitrogens is 1. The number of thiazole rings is 1. The van der Waals surface area contributed by atoms with Gasteiger partial charge in [-0.1, -0.05) is 66.0 Å². The molecule has 0 fully saturated rings. The standard InChI is InChI=1S/C25H22N2O4S/c1-16-21(24(29)31-3)22(18-12-14-19(30-2)15-13-18)27-23(28)20(32-25(27)26-16)11-7-10-17-8-5-4-6-9-17/h4-15,22H,1-3H3/b10-7+,20-11+/t22-/m0/s1. The van der Waals surface area contributed by atoms with E-state index in [4.69, 9.17) is 9.47 Å². The van der Waals surface area contributed by atoms with Crippen molar-refractivity contribution in [1.82, 2.24) is 4.57 Å². The number of methoxy groups -OCH3 is 2. The molecule has 4 rings (SSSR count). The minimum Gasteiger partial charge on any atom is -0.497 e. The maximum absolute atomic E-state index is 13.4. The Hall–Kier alpha value is -3.71. The number of carbonyl (C=O) groups is 1. The molecule has 3 aromatic rings. The van der Waals surface area contributed by atoms with E-state index in [1.165, 1.54) is 18.4 Å². The van der Waals surface area contributed by atoms with Crippen LogP contribution in [0.2, 0.25) is 0 Å². The molecule has 0 spiro atoms. The number of allylic oxidation sites excluding steroid dienone is 2. The molecule has 0 bridgehead atoms. The van der Waals surface area contributed by atoms with E-state index in [1.807, 2.05) is 54.6 Å². The van der Waals surface area contributed by atoms with Crippen molar-refractivity contribution >= 4 is 29.5 Å². The normalized spacial score (nSPS) is 16.1. The van der Waals surface area contributed by atoms with Crippen LogP contribution >= 0.6 is 11.3 Å². The number of hydrogen-bond donors (Lipinski definition) is 0. The molecule has 0 radical (unpaired) electrons. The van der Waals surface area contributed by atoms with E-state index in [-0.39, 0.29) is 5.56 Å². The zero-order chi connectivity index (χ0) is 22.7. The molecular weight excluding hydrogens is 424 g/mol. The zero-order valence-electron chi connectivity index (χ0n) is 17.9. The van der Waals surface area contributed by atoms with Gasteiger partial charge in [-0.05, 0) is 36.3 Å². The van der Waals surface area contributed by atoms with Crippen molar-refractivity contribution in [3.8, 4) is 5.75 Å². The second-order valence-electron chi connectivity index (χ2n) is 7.14. The number of hydrogen-bond acceptors (Lipinski definition) is 6. The minimum absolute atomic E-state index is 0.207. The fraction of sp³-hybridized carbons (Fsp3) is 0.160. The molecule has 0 amide bonds. The molecule has 0 aliphatic carbocycles. The molecule has 162 valence electrons. The van der Waals surface area contributed by atoms with E-state index in [2.05, 4.69) is 4.99 Å².